The first-order chi connectivity index (χ1) is 13.5. The molecule has 3 rings (SSSR count). The normalized spacial score (nSPS) is 10.2. The predicted octanol–water partition coefficient (Wildman–Crippen LogP) is 4.86. The van der Waals surface area contributed by atoms with Crippen LogP contribution in [0.5, 0.6) is 5.75 Å². The fourth-order valence-electron chi connectivity index (χ4n) is 2.38. The average Bonchev–Trinajstić information content (AvgIpc) is 2.70. The number of amides is 1. The van der Waals surface area contributed by atoms with E-state index in [-0.39, 0.29) is 11.0 Å². The Bertz CT molecular complexity index is 979. The molecule has 0 saturated carbocycles. The molecule has 1 heterocycles. The number of hydrogen-bond donors (Lipinski definition) is 2. The summed E-state index contributed by atoms with van der Waals surface area (Å²) in [5, 5.41) is 5.73. The summed E-state index contributed by atoms with van der Waals surface area (Å²) in [4.78, 5) is 16.7. The van der Waals surface area contributed by atoms with Gasteiger partial charge in [0.15, 0.2) is 5.11 Å². The molecular formula is C21H18BrN3O2S. The summed E-state index contributed by atoms with van der Waals surface area (Å²) < 4.78 is 6.63. The molecule has 0 fully saturated rings. The van der Waals surface area contributed by atoms with Crippen molar-refractivity contribution in [2.75, 3.05) is 5.32 Å². The van der Waals surface area contributed by atoms with Crippen LogP contribution in [0.2, 0.25) is 0 Å². The number of carbonyl (C=O) groups excluding carboxylic acids is 1. The van der Waals surface area contributed by atoms with Gasteiger partial charge in [0.2, 0.25) is 0 Å². The second-order valence-corrected chi connectivity index (χ2v) is 7.23. The highest BCUT2D eigenvalue weighted by atomic mass is 79.9. The van der Waals surface area contributed by atoms with E-state index in [1.165, 1.54) is 0 Å². The molecule has 7 heteroatoms. The van der Waals surface area contributed by atoms with Crippen LogP contribution < -0.4 is 15.4 Å². The van der Waals surface area contributed by atoms with Gasteiger partial charge in [-0.25, -0.2) is 4.98 Å². The van der Waals surface area contributed by atoms with E-state index in [0.717, 1.165) is 15.7 Å². The molecule has 0 unspecified atom stereocenters. The first kappa shape index (κ1) is 20.0. The van der Waals surface area contributed by atoms with Crippen molar-refractivity contribution >= 4 is 45.0 Å². The Kier molecular flexibility index (Phi) is 6.73. The minimum Gasteiger partial charge on any atom is -0.489 e. The van der Waals surface area contributed by atoms with E-state index < -0.39 is 0 Å². The molecule has 1 amide bonds. The molecule has 0 aliphatic rings. The predicted molar refractivity (Wildman–Crippen MR) is 118 cm³/mol. The minimum atomic E-state index is -0.305. The van der Waals surface area contributed by atoms with Crippen LogP contribution in [-0.4, -0.2) is 16.0 Å². The van der Waals surface area contributed by atoms with Crippen molar-refractivity contribution in [3.63, 3.8) is 0 Å². The van der Waals surface area contributed by atoms with Crippen molar-refractivity contribution in [1.82, 2.24) is 10.3 Å². The number of aryl methyl sites for hydroxylation is 1. The van der Waals surface area contributed by atoms with Crippen LogP contribution in [-0.2, 0) is 6.61 Å². The number of ether oxygens (including phenoxy) is 1. The molecular weight excluding hydrogens is 438 g/mol. The highest BCUT2D eigenvalue weighted by molar-refractivity contribution is 9.10. The van der Waals surface area contributed by atoms with Crippen molar-refractivity contribution in [3.8, 4) is 5.75 Å². The monoisotopic (exact) mass is 455 g/mol. The minimum absolute atomic E-state index is 0.184. The number of pyridine rings is 1. The number of hydrogen-bond acceptors (Lipinski definition) is 4. The topological polar surface area (TPSA) is 63.2 Å². The highest BCUT2D eigenvalue weighted by Crippen LogP contribution is 2.16. The van der Waals surface area contributed by atoms with Crippen LogP contribution in [0.15, 0.2) is 71.2 Å². The molecule has 0 radical (unpaired) electrons. The molecule has 3 aromatic rings. The van der Waals surface area contributed by atoms with Gasteiger partial charge in [-0.2, -0.15) is 0 Å². The van der Waals surface area contributed by atoms with Gasteiger partial charge in [0.05, 0.1) is 5.69 Å². The smallest absolute Gasteiger partial charge is 0.257 e. The lowest BCUT2D eigenvalue weighted by Crippen LogP contribution is -2.34. The molecule has 28 heavy (non-hydrogen) atoms. The van der Waals surface area contributed by atoms with E-state index in [4.69, 9.17) is 17.0 Å². The first-order valence-electron chi connectivity index (χ1n) is 8.53. The van der Waals surface area contributed by atoms with Gasteiger partial charge < -0.3 is 10.1 Å². The van der Waals surface area contributed by atoms with Gasteiger partial charge in [0, 0.05) is 10.0 Å². The lowest BCUT2D eigenvalue weighted by molar-refractivity contribution is 0.0977. The molecule has 0 saturated heterocycles. The largest absolute Gasteiger partial charge is 0.489 e. The lowest BCUT2D eigenvalue weighted by atomic mass is 10.2. The highest BCUT2D eigenvalue weighted by Gasteiger charge is 2.09. The molecule has 2 aromatic carbocycles. The van der Waals surface area contributed by atoms with Crippen LogP contribution in [0.1, 0.15) is 21.6 Å². The van der Waals surface area contributed by atoms with Gasteiger partial charge in [0.1, 0.15) is 18.2 Å². The lowest BCUT2D eigenvalue weighted by Gasteiger charge is -2.10. The van der Waals surface area contributed by atoms with Crippen LogP contribution >= 0.6 is 28.1 Å². The number of aromatic nitrogens is 1. The first-order valence-corrected chi connectivity index (χ1v) is 9.73. The van der Waals surface area contributed by atoms with Crippen molar-refractivity contribution in [3.05, 3.63) is 88.0 Å². The third kappa shape index (κ3) is 5.61. The van der Waals surface area contributed by atoms with E-state index >= 15 is 0 Å². The van der Waals surface area contributed by atoms with Crippen LogP contribution in [0.3, 0.4) is 0 Å². The molecule has 5 nitrogen and oxygen atoms in total. The zero-order chi connectivity index (χ0) is 19.9. The number of benzene rings is 2. The fraction of sp³-hybridized carbons (Fsp3) is 0.0952. The number of carbonyl (C=O) groups is 1. The zero-order valence-electron chi connectivity index (χ0n) is 15.1. The third-order valence-corrected chi connectivity index (χ3v) is 4.90. The summed E-state index contributed by atoms with van der Waals surface area (Å²) in [5.74, 6) is 0.951. The quantitative estimate of drug-likeness (QED) is 0.537. The van der Waals surface area contributed by atoms with Crippen molar-refractivity contribution < 1.29 is 9.53 Å². The van der Waals surface area contributed by atoms with Crippen LogP contribution in [0.4, 0.5) is 5.82 Å². The van der Waals surface area contributed by atoms with E-state index in [0.29, 0.717) is 23.7 Å². The molecule has 0 aliphatic carbocycles. The SMILES string of the molecule is Cc1nc(NC(=S)NC(=O)c2ccc(OCc3ccccc3)cc2)ccc1Br. The fourth-order valence-corrected chi connectivity index (χ4v) is 2.80. The summed E-state index contributed by atoms with van der Waals surface area (Å²) in [6.45, 7) is 2.35. The Morgan fingerprint density at radius 3 is 2.46 bits per heavy atom. The molecule has 0 atom stereocenters. The Morgan fingerprint density at radius 1 is 1.07 bits per heavy atom. The molecule has 2 N–H and O–H groups in total. The summed E-state index contributed by atoms with van der Waals surface area (Å²) >= 11 is 8.58. The molecule has 0 spiro atoms. The van der Waals surface area contributed by atoms with E-state index in [1.54, 1.807) is 30.3 Å². The summed E-state index contributed by atoms with van der Waals surface area (Å²) in [6.07, 6.45) is 0. The Morgan fingerprint density at radius 2 is 1.79 bits per heavy atom. The summed E-state index contributed by atoms with van der Waals surface area (Å²) in [6, 6.07) is 20.4. The maximum atomic E-state index is 12.3. The van der Waals surface area contributed by atoms with Crippen molar-refractivity contribution in [2.45, 2.75) is 13.5 Å². The summed E-state index contributed by atoms with van der Waals surface area (Å²) in [7, 11) is 0. The summed E-state index contributed by atoms with van der Waals surface area (Å²) in [5.41, 5.74) is 2.39. The number of halogens is 1. The third-order valence-electron chi connectivity index (χ3n) is 3.85. The van der Waals surface area contributed by atoms with E-state index in [1.807, 2.05) is 43.3 Å². The van der Waals surface area contributed by atoms with Crippen LogP contribution in [0.25, 0.3) is 0 Å². The number of thiocarbonyl (C=S) groups is 1. The second-order valence-electron chi connectivity index (χ2n) is 5.97. The van der Waals surface area contributed by atoms with Crippen molar-refractivity contribution in [1.29, 1.82) is 0 Å². The maximum absolute atomic E-state index is 12.3. The van der Waals surface area contributed by atoms with Crippen molar-refractivity contribution in [2.24, 2.45) is 0 Å². The molecule has 1 aromatic heterocycles. The Labute approximate surface area is 177 Å². The van der Waals surface area contributed by atoms with Crippen LogP contribution in [0, 0.1) is 6.92 Å². The second kappa shape index (κ2) is 9.43. The Balaban J connectivity index is 1.53. The van der Waals surface area contributed by atoms with Gasteiger partial charge in [-0.05, 0) is 77.0 Å². The maximum Gasteiger partial charge on any atom is 0.257 e. The molecule has 0 aliphatic heterocycles. The van der Waals surface area contributed by atoms with Gasteiger partial charge >= 0.3 is 0 Å². The Hall–Kier alpha value is -2.77. The molecule has 0 bridgehead atoms. The van der Waals surface area contributed by atoms with Gasteiger partial charge in [-0.15, -0.1) is 0 Å². The van der Waals surface area contributed by atoms with Gasteiger partial charge in [-0.3, -0.25) is 10.1 Å². The number of rotatable bonds is 5. The number of anilines is 1. The van der Waals surface area contributed by atoms with Gasteiger partial charge in [-0.1, -0.05) is 30.3 Å². The number of nitrogens with zero attached hydrogens (tertiary/aromatic N) is 1. The van der Waals surface area contributed by atoms with E-state index in [9.17, 15) is 4.79 Å². The van der Waals surface area contributed by atoms with Gasteiger partial charge in [0.25, 0.3) is 5.91 Å². The number of nitrogens with one attached hydrogen (secondary N) is 2. The zero-order valence-corrected chi connectivity index (χ0v) is 17.5. The van der Waals surface area contributed by atoms with E-state index in [2.05, 4.69) is 31.5 Å². The average molecular weight is 456 g/mol. The molecule has 142 valence electrons. The standard InChI is InChI=1S/C21H18BrN3O2S/c1-14-18(22)11-12-19(23-14)24-21(28)25-20(26)16-7-9-17(10-8-16)27-13-15-5-3-2-4-6-15/h2-12H,13H2,1H3,(H2,23,24,25,26,28).